The van der Waals surface area contributed by atoms with Gasteiger partial charge in [-0.2, -0.15) is 0 Å². The molecule has 0 aliphatic heterocycles. The van der Waals surface area contributed by atoms with Crippen LogP contribution in [0.3, 0.4) is 0 Å². The number of hydrogen-bond acceptors (Lipinski definition) is 4. The van der Waals surface area contributed by atoms with Crippen molar-refractivity contribution < 1.29 is 18.3 Å². The number of ether oxygens (including phenoxy) is 1. The maximum Gasteiger partial charge on any atom is 0.244 e. The topological polar surface area (TPSA) is 75.6 Å². The summed E-state index contributed by atoms with van der Waals surface area (Å²) in [6, 6.07) is 4.85. The number of hydrogen-bond donors (Lipinski definition) is 2. The molecular weight excluding hydrogens is 358 g/mol. The second kappa shape index (κ2) is 7.58. The van der Waals surface area contributed by atoms with E-state index in [0.717, 1.165) is 6.42 Å². The molecule has 0 amide bonds. The fourth-order valence-electron chi connectivity index (χ4n) is 1.87. The van der Waals surface area contributed by atoms with E-state index in [4.69, 9.17) is 9.84 Å². The number of nitrogens with one attached hydrogen (secondary N) is 1. The van der Waals surface area contributed by atoms with Gasteiger partial charge in [-0.05, 0) is 36.5 Å². The predicted octanol–water partition coefficient (Wildman–Crippen LogP) is 2.53. The van der Waals surface area contributed by atoms with Crippen molar-refractivity contribution in [3.63, 3.8) is 0 Å². The van der Waals surface area contributed by atoms with Crippen LogP contribution in [0.2, 0.25) is 0 Å². The minimum absolute atomic E-state index is 0.107. The van der Waals surface area contributed by atoms with Crippen LogP contribution in [0, 0.1) is 5.41 Å². The van der Waals surface area contributed by atoms with Gasteiger partial charge in [-0.1, -0.05) is 29.8 Å². The molecule has 0 saturated heterocycles. The average Bonchev–Trinajstić information content (AvgIpc) is 2.43. The van der Waals surface area contributed by atoms with E-state index in [9.17, 15) is 8.42 Å². The van der Waals surface area contributed by atoms with Gasteiger partial charge in [-0.25, -0.2) is 13.1 Å². The van der Waals surface area contributed by atoms with Gasteiger partial charge in [-0.15, -0.1) is 0 Å². The summed E-state index contributed by atoms with van der Waals surface area (Å²) >= 11 is 3.27. The van der Waals surface area contributed by atoms with Crippen LogP contribution in [-0.4, -0.2) is 33.8 Å². The number of halogens is 1. The smallest absolute Gasteiger partial charge is 0.244 e. The van der Waals surface area contributed by atoms with Crippen LogP contribution in [0.4, 0.5) is 0 Å². The Hall–Kier alpha value is -0.630. The Labute approximate surface area is 134 Å². The van der Waals surface area contributed by atoms with Crippen LogP contribution in [0.5, 0.6) is 5.75 Å². The highest BCUT2D eigenvalue weighted by molar-refractivity contribution is 9.10. The van der Waals surface area contributed by atoms with Crippen LogP contribution in [0.1, 0.15) is 26.7 Å². The molecule has 2 N–H and O–H groups in total. The number of sulfonamides is 1. The van der Waals surface area contributed by atoms with Gasteiger partial charge in [0, 0.05) is 17.6 Å². The zero-order valence-corrected chi connectivity index (χ0v) is 14.9. The molecule has 0 aliphatic rings. The molecule has 21 heavy (non-hydrogen) atoms. The summed E-state index contributed by atoms with van der Waals surface area (Å²) in [5.74, 6) is 0.305. The molecule has 0 spiro atoms. The van der Waals surface area contributed by atoms with Crippen LogP contribution < -0.4 is 9.46 Å². The summed E-state index contributed by atoms with van der Waals surface area (Å²) in [6.45, 7) is 4.33. The van der Waals surface area contributed by atoms with Gasteiger partial charge in [0.2, 0.25) is 10.0 Å². The average molecular weight is 380 g/mol. The monoisotopic (exact) mass is 379 g/mol. The number of aliphatic hydroxyl groups is 1. The van der Waals surface area contributed by atoms with Gasteiger partial charge in [-0.3, -0.25) is 0 Å². The Kier molecular flexibility index (Phi) is 6.65. The molecule has 0 aromatic heterocycles. The first-order valence-corrected chi connectivity index (χ1v) is 8.93. The van der Waals surface area contributed by atoms with Crippen molar-refractivity contribution >= 4 is 26.0 Å². The minimum atomic E-state index is -3.65. The van der Waals surface area contributed by atoms with Crippen LogP contribution in [-0.2, 0) is 10.0 Å². The van der Waals surface area contributed by atoms with Crippen molar-refractivity contribution in [3.05, 3.63) is 22.7 Å². The predicted molar refractivity (Wildman–Crippen MR) is 86.0 cm³/mol. The minimum Gasteiger partial charge on any atom is -0.495 e. The first-order chi connectivity index (χ1) is 9.72. The highest BCUT2D eigenvalue weighted by Gasteiger charge is 2.24. The third-order valence-corrected chi connectivity index (χ3v) is 5.08. The Morgan fingerprint density at radius 2 is 2.05 bits per heavy atom. The Bertz CT molecular complexity index is 572. The van der Waals surface area contributed by atoms with E-state index in [-0.39, 0.29) is 16.9 Å². The molecule has 1 aromatic rings. The van der Waals surface area contributed by atoms with Crippen molar-refractivity contribution in [2.75, 3.05) is 20.3 Å². The second-order valence-electron chi connectivity index (χ2n) is 5.61. The lowest BCUT2D eigenvalue weighted by Gasteiger charge is -2.24. The number of rotatable bonds is 8. The van der Waals surface area contributed by atoms with E-state index < -0.39 is 10.0 Å². The summed E-state index contributed by atoms with van der Waals surface area (Å²) in [7, 11) is -2.21. The van der Waals surface area contributed by atoms with Gasteiger partial charge in [0.25, 0.3) is 0 Å². The van der Waals surface area contributed by atoms with E-state index in [1.807, 2.05) is 13.8 Å². The Morgan fingerprint density at radius 1 is 1.38 bits per heavy atom. The molecule has 0 radical (unpaired) electrons. The summed E-state index contributed by atoms with van der Waals surface area (Å²) in [5.41, 5.74) is -0.227. The molecular formula is C14H22BrNO4S. The summed E-state index contributed by atoms with van der Waals surface area (Å²) in [6.07, 6.45) is 1.39. The van der Waals surface area contributed by atoms with Crippen LogP contribution in [0.15, 0.2) is 27.6 Å². The van der Waals surface area contributed by atoms with Gasteiger partial charge in [0.05, 0.1) is 7.11 Å². The lowest BCUT2D eigenvalue weighted by atomic mass is 9.88. The second-order valence-corrected chi connectivity index (χ2v) is 8.26. The van der Waals surface area contributed by atoms with E-state index in [0.29, 0.717) is 23.2 Å². The molecule has 5 nitrogen and oxygen atoms in total. The normalized spacial score (nSPS) is 12.4. The molecule has 0 saturated carbocycles. The SMILES string of the molecule is COc1ccc(Br)cc1S(=O)(=O)NCC(C)(C)CCCO. The molecule has 1 aromatic carbocycles. The van der Waals surface area contributed by atoms with Gasteiger partial charge < -0.3 is 9.84 Å². The van der Waals surface area contributed by atoms with Crippen LogP contribution in [0.25, 0.3) is 0 Å². The third-order valence-electron chi connectivity index (χ3n) is 3.17. The maximum absolute atomic E-state index is 12.4. The molecule has 0 aliphatic carbocycles. The van der Waals surface area contributed by atoms with Crippen molar-refractivity contribution in [1.29, 1.82) is 0 Å². The first-order valence-electron chi connectivity index (χ1n) is 6.66. The zero-order valence-electron chi connectivity index (χ0n) is 12.5. The molecule has 0 heterocycles. The van der Waals surface area contributed by atoms with Gasteiger partial charge in [0.15, 0.2) is 0 Å². The Morgan fingerprint density at radius 3 is 2.62 bits per heavy atom. The first kappa shape index (κ1) is 18.4. The zero-order chi connectivity index (χ0) is 16.1. The molecule has 0 atom stereocenters. The molecule has 0 unspecified atom stereocenters. The van der Waals surface area contributed by atoms with Crippen LogP contribution >= 0.6 is 15.9 Å². The quantitative estimate of drug-likeness (QED) is 0.727. The Balaban J connectivity index is 2.90. The van der Waals surface area contributed by atoms with Crippen molar-refractivity contribution in [3.8, 4) is 5.75 Å². The summed E-state index contributed by atoms with van der Waals surface area (Å²) in [5, 5.41) is 8.87. The van der Waals surface area contributed by atoms with Gasteiger partial charge in [0.1, 0.15) is 10.6 Å². The van der Waals surface area contributed by atoms with E-state index in [1.165, 1.54) is 13.2 Å². The number of methoxy groups -OCH3 is 1. The number of aliphatic hydroxyl groups excluding tert-OH is 1. The van der Waals surface area contributed by atoms with E-state index in [2.05, 4.69) is 20.7 Å². The molecule has 7 heteroatoms. The molecule has 0 bridgehead atoms. The molecule has 120 valence electrons. The lowest BCUT2D eigenvalue weighted by Crippen LogP contribution is -2.34. The third kappa shape index (κ3) is 5.58. The lowest BCUT2D eigenvalue weighted by molar-refractivity contribution is 0.242. The fraction of sp³-hybridized carbons (Fsp3) is 0.571. The highest BCUT2D eigenvalue weighted by Crippen LogP contribution is 2.28. The van der Waals surface area contributed by atoms with Crippen molar-refractivity contribution in [1.82, 2.24) is 4.72 Å². The highest BCUT2D eigenvalue weighted by atomic mass is 79.9. The van der Waals surface area contributed by atoms with Crippen molar-refractivity contribution in [2.45, 2.75) is 31.6 Å². The fourth-order valence-corrected chi connectivity index (χ4v) is 3.82. The molecule has 1 rings (SSSR count). The maximum atomic E-state index is 12.4. The summed E-state index contributed by atoms with van der Waals surface area (Å²) < 4.78 is 33.2. The largest absolute Gasteiger partial charge is 0.495 e. The van der Waals surface area contributed by atoms with E-state index in [1.54, 1.807) is 12.1 Å². The van der Waals surface area contributed by atoms with Crippen molar-refractivity contribution in [2.24, 2.45) is 5.41 Å². The van der Waals surface area contributed by atoms with E-state index >= 15 is 0 Å². The summed E-state index contributed by atoms with van der Waals surface area (Å²) in [4.78, 5) is 0.109. The molecule has 0 fully saturated rings. The standard InChI is InChI=1S/C14H22BrNO4S/c1-14(2,7-4-8-17)10-16-21(18,19)13-9-11(15)5-6-12(13)20-3/h5-6,9,16-17H,4,7-8,10H2,1-3H3. The number of benzene rings is 1. The van der Waals surface area contributed by atoms with Gasteiger partial charge >= 0.3 is 0 Å².